The van der Waals surface area contributed by atoms with Crippen molar-refractivity contribution in [2.24, 2.45) is 5.73 Å². The molecule has 0 saturated heterocycles. The van der Waals surface area contributed by atoms with E-state index in [0.29, 0.717) is 0 Å². The van der Waals surface area contributed by atoms with Crippen LogP contribution in [0.3, 0.4) is 0 Å². The average molecular weight is 263 g/mol. The van der Waals surface area contributed by atoms with Crippen LogP contribution in [0.4, 0.5) is 13.2 Å². The first kappa shape index (κ1) is 14.8. The summed E-state index contributed by atoms with van der Waals surface area (Å²) in [6.45, 7) is 1.65. The average Bonchev–Trinajstić information content (AvgIpc) is 2.35. The van der Waals surface area contributed by atoms with Crippen molar-refractivity contribution in [2.75, 3.05) is 7.11 Å². The molecule has 1 rings (SSSR count). The molecule has 1 aromatic carbocycles. The number of ether oxygens (including phenoxy) is 1. The van der Waals surface area contributed by atoms with E-state index in [1.54, 1.807) is 6.92 Å². The van der Waals surface area contributed by atoms with Gasteiger partial charge in [-0.1, -0.05) is 13.0 Å². The van der Waals surface area contributed by atoms with Gasteiger partial charge < -0.3 is 15.6 Å². The first-order chi connectivity index (χ1) is 8.31. The van der Waals surface area contributed by atoms with Crippen LogP contribution in [0, 0.1) is 0 Å². The predicted molar refractivity (Wildman–Crippen MR) is 61.2 cm³/mol. The van der Waals surface area contributed by atoms with Crippen LogP contribution in [-0.2, 0) is 6.18 Å². The van der Waals surface area contributed by atoms with E-state index in [0.717, 1.165) is 6.07 Å². The molecule has 3 nitrogen and oxygen atoms in total. The Kier molecular flexibility index (Phi) is 4.59. The van der Waals surface area contributed by atoms with E-state index in [1.165, 1.54) is 19.2 Å². The monoisotopic (exact) mass is 263 g/mol. The van der Waals surface area contributed by atoms with Crippen molar-refractivity contribution in [1.82, 2.24) is 0 Å². The van der Waals surface area contributed by atoms with Crippen LogP contribution in [0.5, 0.6) is 5.75 Å². The number of aliphatic hydroxyl groups excluding tert-OH is 1. The fraction of sp³-hybridized carbons (Fsp3) is 0.500. The Morgan fingerprint density at radius 3 is 2.44 bits per heavy atom. The highest BCUT2D eigenvalue weighted by molar-refractivity contribution is 5.39. The summed E-state index contributed by atoms with van der Waals surface area (Å²) in [5.74, 6) is 0.101. The van der Waals surface area contributed by atoms with E-state index in [1.807, 2.05) is 0 Å². The van der Waals surface area contributed by atoms with E-state index >= 15 is 0 Å². The molecule has 3 N–H and O–H groups in total. The van der Waals surface area contributed by atoms with Crippen LogP contribution in [0.1, 0.15) is 30.5 Å². The summed E-state index contributed by atoms with van der Waals surface area (Å²) in [5, 5.41) is 9.57. The highest BCUT2D eigenvalue weighted by Gasteiger charge is 2.36. The van der Waals surface area contributed by atoms with Crippen LogP contribution >= 0.6 is 0 Å². The molecule has 1 aromatic rings. The van der Waals surface area contributed by atoms with Crippen molar-refractivity contribution in [2.45, 2.75) is 31.7 Å². The molecular formula is C12H16F3NO2. The van der Waals surface area contributed by atoms with Gasteiger partial charge in [0.15, 0.2) is 0 Å². The highest BCUT2D eigenvalue weighted by Crippen LogP contribution is 2.37. The van der Waals surface area contributed by atoms with Crippen molar-refractivity contribution < 1.29 is 23.0 Å². The quantitative estimate of drug-likeness (QED) is 0.877. The van der Waals surface area contributed by atoms with Gasteiger partial charge in [-0.2, -0.15) is 13.2 Å². The summed E-state index contributed by atoms with van der Waals surface area (Å²) in [7, 11) is 1.29. The van der Waals surface area contributed by atoms with Crippen molar-refractivity contribution in [3.63, 3.8) is 0 Å². The lowest BCUT2D eigenvalue weighted by molar-refractivity contribution is -0.138. The van der Waals surface area contributed by atoms with Gasteiger partial charge in [0.1, 0.15) is 5.75 Å². The van der Waals surface area contributed by atoms with Crippen LogP contribution in [0.2, 0.25) is 0 Å². The Hall–Kier alpha value is -1.27. The summed E-state index contributed by atoms with van der Waals surface area (Å²) in [6.07, 6.45) is -5.26. The zero-order valence-electron chi connectivity index (χ0n) is 10.2. The maximum atomic E-state index is 12.9. The Morgan fingerprint density at radius 1 is 1.39 bits per heavy atom. The number of alkyl halides is 3. The molecule has 0 aliphatic carbocycles. The Morgan fingerprint density at radius 2 is 2.00 bits per heavy atom. The van der Waals surface area contributed by atoms with Crippen molar-refractivity contribution in [3.8, 4) is 5.75 Å². The molecule has 0 radical (unpaired) electrons. The Bertz CT molecular complexity index is 407. The second-order valence-corrected chi connectivity index (χ2v) is 3.95. The molecule has 2 atom stereocenters. The molecule has 0 aliphatic heterocycles. The standard InChI is InChI=1S/C12H16F3NO2/c1-3-10(17)11(16)8-5-4-7(18-2)6-9(8)12(13,14)15/h4-6,10-11,17H,3,16H2,1-2H3/t10-,11+/m1/s1. The number of rotatable bonds is 4. The van der Waals surface area contributed by atoms with E-state index in [4.69, 9.17) is 10.5 Å². The summed E-state index contributed by atoms with van der Waals surface area (Å²) >= 11 is 0. The van der Waals surface area contributed by atoms with Crippen molar-refractivity contribution in [1.29, 1.82) is 0 Å². The molecule has 102 valence electrons. The smallest absolute Gasteiger partial charge is 0.416 e. The minimum atomic E-state index is -4.53. The van der Waals surface area contributed by atoms with Gasteiger partial charge in [-0.15, -0.1) is 0 Å². The molecule has 6 heteroatoms. The second-order valence-electron chi connectivity index (χ2n) is 3.95. The number of hydrogen-bond acceptors (Lipinski definition) is 3. The van der Waals surface area contributed by atoms with Crippen LogP contribution in [0.15, 0.2) is 18.2 Å². The number of methoxy groups -OCH3 is 1. The topological polar surface area (TPSA) is 55.5 Å². The van der Waals surface area contributed by atoms with Gasteiger partial charge in [-0.05, 0) is 24.1 Å². The number of aliphatic hydroxyl groups is 1. The normalized spacial score (nSPS) is 15.3. The SMILES string of the molecule is CC[C@@H](O)[C@@H](N)c1ccc(OC)cc1C(F)(F)F. The molecule has 0 heterocycles. The predicted octanol–water partition coefficient (Wildman–Crippen LogP) is 2.48. The van der Waals surface area contributed by atoms with Gasteiger partial charge in [0, 0.05) is 0 Å². The van der Waals surface area contributed by atoms with Crippen LogP contribution in [-0.4, -0.2) is 18.3 Å². The number of nitrogens with two attached hydrogens (primary N) is 1. The van der Waals surface area contributed by atoms with Crippen LogP contribution in [0.25, 0.3) is 0 Å². The molecular weight excluding hydrogens is 247 g/mol. The second kappa shape index (κ2) is 5.58. The zero-order valence-corrected chi connectivity index (χ0v) is 10.2. The van der Waals surface area contributed by atoms with E-state index in [2.05, 4.69) is 0 Å². The lowest BCUT2D eigenvalue weighted by Crippen LogP contribution is -2.28. The molecule has 0 amide bonds. The largest absolute Gasteiger partial charge is 0.497 e. The summed E-state index contributed by atoms with van der Waals surface area (Å²) < 4.78 is 43.5. The third-order valence-corrected chi connectivity index (χ3v) is 2.76. The van der Waals surface area contributed by atoms with Crippen LogP contribution < -0.4 is 10.5 Å². The maximum absolute atomic E-state index is 12.9. The Balaban J connectivity index is 3.26. The van der Waals surface area contributed by atoms with Gasteiger partial charge in [0.2, 0.25) is 0 Å². The molecule has 0 bridgehead atoms. The van der Waals surface area contributed by atoms with Gasteiger partial charge in [-0.25, -0.2) is 0 Å². The summed E-state index contributed by atoms with van der Waals surface area (Å²) in [6, 6.07) is 2.45. The van der Waals surface area contributed by atoms with Gasteiger partial charge in [0.05, 0.1) is 24.8 Å². The first-order valence-electron chi connectivity index (χ1n) is 5.50. The lowest BCUT2D eigenvalue weighted by atomic mass is 9.95. The van der Waals surface area contributed by atoms with Gasteiger partial charge in [-0.3, -0.25) is 0 Å². The van der Waals surface area contributed by atoms with E-state index < -0.39 is 23.9 Å². The zero-order chi connectivity index (χ0) is 13.9. The van der Waals surface area contributed by atoms with Gasteiger partial charge in [0.25, 0.3) is 0 Å². The maximum Gasteiger partial charge on any atom is 0.416 e. The molecule has 0 spiro atoms. The van der Waals surface area contributed by atoms with E-state index in [9.17, 15) is 18.3 Å². The van der Waals surface area contributed by atoms with E-state index in [-0.39, 0.29) is 17.7 Å². The molecule has 0 unspecified atom stereocenters. The minimum Gasteiger partial charge on any atom is -0.497 e. The number of hydrogen-bond donors (Lipinski definition) is 2. The molecule has 0 aromatic heterocycles. The van der Waals surface area contributed by atoms with Crippen molar-refractivity contribution >= 4 is 0 Å². The molecule has 18 heavy (non-hydrogen) atoms. The lowest BCUT2D eigenvalue weighted by Gasteiger charge is -2.22. The minimum absolute atomic E-state index is 0.101. The number of benzene rings is 1. The molecule has 0 saturated carbocycles. The first-order valence-corrected chi connectivity index (χ1v) is 5.50. The fourth-order valence-electron chi connectivity index (χ4n) is 1.66. The highest BCUT2D eigenvalue weighted by atomic mass is 19.4. The van der Waals surface area contributed by atoms with Crippen molar-refractivity contribution in [3.05, 3.63) is 29.3 Å². The Labute approximate surface area is 103 Å². The van der Waals surface area contributed by atoms with Gasteiger partial charge >= 0.3 is 6.18 Å². The summed E-state index contributed by atoms with van der Waals surface area (Å²) in [4.78, 5) is 0. The third-order valence-electron chi connectivity index (χ3n) is 2.76. The number of halogens is 3. The fourth-order valence-corrected chi connectivity index (χ4v) is 1.66. The molecule has 0 fully saturated rings. The summed E-state index contributed by atoms with van der Waals surface area (Å²) in [5.41, 5.74) is 4.65. The third kappa shape index (κ3) is 3.14. The molecule has 0 aliphatic rings.